The van der Waals surface area contributed by atoms with Gasteiger partial charge in [0.25, 0.3) is 0 Å². The normalized spacial score (nSPS) is 10.1. The predicted molar refractivity (Wildman–Crippen MR) is 77.8 cm³/mol. The molecule has 4 nitrogen and oxygen atoms in total. The van der Waals surface area contributed by atoms with Gasteiger partial charge in [-0.2, -0.15) is 0 Å². The molecule has 19 heavy (non-hydrogen) atoms. The predicted octanol–water partition coefficient (Wildman–Crippen LogP) is 2.95. The summed E-state index contributed by atoms with van der Waals surface area (Å²) in [5.74, 6) is 0.754. The van der Waals surface area contributed by atoms with Gasteiger partial charge in [0.15, 0.2) is 5.82 Å². The topological polar surface area (TPSA) is 50.7 Å². The van der Waals surface area contributed by atoms with Gasteiger partial charge in [-0.3, -0.25) is 0 Å². The summed E-state index contributed by atoms with van der Waals surface area (Å²) < 4.78 is 0. The molecule has 2 aromatic rings. The van der Waals surface area contributed by atoms with Crippen molar-refractivity contribution in [1.82, 2.24) is 15.4 Å². The van der Waals surface area contributed by atoms with Crippen LogP contribution in [-0.2, 0) is 6.42 Å². The van der Waals surface area contributed by atoms with E-state index in [9.17, 15) is 0 Å². The fraction of sp³-hybridized carbons (Fsp3) is 0.267. The molecule has 0 amide bonds. The van der Waals surface area contributed by atoms with Crippen molar-refractivity contribution in [2.24, 2.45) is 0 Å². The summed E-state index contributed by atoms with van der Waals surface area (Å²) in [6.07, 6.45) is 6.74. The number of nitrogens with zero attached hydrogens (tertiary/aromatic N) is 3. The zero-order chi connectivity index (χ0) is 13.3. The molecule has 0 spiro atoms. The maximum Gasteiger partial charge on any atom is 0.159 e. The molecular formula is C15H18N4. The van der Waals surface area contributed by atoms with Crippen molar-refractivity contribution in [3.05, 3.63) is 54.2 Å². The fourth-order valence-corrected chi connectivity index (χ4v) is 1.87. The minimum absolute atomic E-state index is 0.754. The lowest BCUT2D eigenvalue weighted by molar-refractivity contribution is 0.756. The van der Waals surface area contributed by atoms with Crippen LogP contribution in [0.2, 0.25) is 0 Å². The zero-order valence-corrected chi connectivity index (χ0v) is 10.9. The Balaban J connectivity index is 1.71. The molecule has 2 rings (SSSR count). The first-order valence-electron chi connectivity index (χ1n) is 6.49. The molecule has 98 valence electrons. The van der Waals surface area contributed by atoms with Crippen LogP contribution in [0.3, 0.4) is 0 Å². The van der Waals surface area contributed by atoms with Crippen LogP contribution >= 0.6 is 0 Å². The van der Waals surface area contributed by atoms with Gasteiger partial charge in [0.05, 0.1) is 6.20 Å². The molecule has 0 saturated heterocycles. The standard InChI is InChI=1S/C15H18N4/c1-2-14-12-17-19-18-15(14)16-11-7-6-10-13-8-4-3-5-9-13/h2-5,8-9,12H,1,6-7,10-11H2,(H,16,17,18). The molecule has 4 heteroatoms. The van der Waals surface area contributed by atoms with Gasteiger partial charge < -0.3 is 5.32 Å². The third-order valence-corrected chi connectivity index (χ3v) is 2.91. The summed E-state index contributed by atoms with van der Waals surface area (Å²) in [4.78, 5) is 0. The molecule has 0 bridgehead atoms. The number of aryl methyl sites for hydroxylation is 1. The van der Waals surface area contributed by atoms with Gasteiger partial charge in [-0.05, 0) is 30.0 Å². The van der Waals surface area contributed by atoms with E-state index in [4.69, 9.17) is 0 Å². The highest BCUT2D eigenvalue weighted by Gasteiger charge is 2.00. The first-order valence-corrected chi connectivity index (χ1v) is 6.49. The molecule has 1 aromatic carbocycles. The molecule has 1 aromatic heterocycles. The van der Waals surface area contributed by atoms with Crippen molar-refractivity contribution >= 4 is 11.9 Å². The Kier molecular flexibility index (Phi) is 5.05. The van der Waals surface area contributed by atoms with E-state index in [0.717, 1.165) is 37.2 Å². The van der Waals surface area contributed by atoms with Crippen LogP contribution in [0, 0.1) is 0 Å². The van der Waals surface area contributed by atoms with E-state index in [0.29, 0.717) is 0 Å². The largest absolute Gasteiger partial charge is 0.368 e. The Morgan fingerprint density at radius 3 is 2.79 bits per heavy atom. The second-order valence-electron chi connectivity index (χ2n) is 4.31. The quantitative estimate of drug-likeness (QED) is 0.772. The van der Waals surface area contributed by atoms with Crippen LogP contribution < -0.4 is 5.32 Å². The highest BCUT2D eigenvalue weighted by molar-refractivity contribution is 5.59. The van der Waals surface area contributed by atoms with E-state index in [1.165, 1.54) is 5.56 Å². The lowest BCUT2D eigenvalue weighted by Gasteiger charge is -2.06. The molecule has 0 aliphatic heterocycles. The van der Waals surface area contributed by atoms with E-state index in [2.05, 4.69) is 51.6 Å². The Hall–Kier alpha value is -2.23. The van der Waals surface area contributed by atoms with Crippen LogP contribution in [0.15, 0.2) is 43.1 Å². The Bertz CT molecular complexity index is 511. The van der Waals surface area contributed by atoms with Crippen molar-refractivity contribution in [2.75, 3.05) is 11.9 Å². The van der Waals surface area contributed by atoms with Crippen LogP contribution in [-0.4, -0.2) is 22.0 Å². The monoisotopic (exact) mass is 254 g/mol. The molecule has 1 N–H and O–H groups in total. The molecule has 0 saturated carbocycles. The first kappa shape index (κ1) is 13.2. The van der Waals surface area contributed by atoms with Gasteiger partial charge in [-0.15, -0.1) is 10.2 Å². The summed E-state index contributed by atoms with van der Waals surface area (Å²) in [5, 5.41) is 14.6. The maximum atomic E-state index is 3.96. The average Bonchev–Trinajstić information content (AvgIpc) is 2.48. The van der Waals surface area contributed by atoms with Gasteiger partial charge in [0.1, 0.15) is 0 Å². The number of hydrogen-bond acceptors (Lipinski definition) is 4. The van der Waals surface area contributed by atoms with Crippen LogP contribution in [0.1, 0.15) is 24.0 Å². The molecule has 0 aliphatic carbocycles. The maximum absolute atomic E-state index is 3.96. The minimum Gasteiger partial charge on any atom is -0.368 e. The smallest absolute Gasteiger partial charge is 0.159 e. The number of benzene rings is 1. The van der Waals surface area contributed by atoms with E-state index >= 15 is 0 Å². The summed E-state index contributed by atoms with van der Waals surface area (Å²) in [5.41, 5.74) is 2.27. The van der Waals surface area contributed by atoms with Crippen molar-refractivity contribution in [2.45, 2.75) is 19.3 Å². The summed E-state index contributed by atoms with van der Waals surface area (Å²) in [6, 6.07) is 10.5. The lowest BCUT2D eigenvalue weighted by atomic mass is 10.1. The summed E-state index contributed by atoms with van der Waals surface area (Å²) in [7, 11) is 0. The average molecular weight is 254 g/mol. The van der Waals surface area contributed by atoms with E-state index in [1.54, 1.807) is 12.3 Å². The SMILES string of the molecule is C=Cc1cnnnc1NCCCCc1ccccc1. The molecule has 0 radical (unpaired) electrons. The van der Waals surface area contributed by atoms with Crippen molar-refractivity contribution in [3.63, 3.8) is 0 Å². The number of anilines is 1. The fourth-order valence-electron chi connectivity index (χ4n) is 1.87. The Morgan fingerprint density at radius 2 is 2.00 bits per heavy atom. The first-order chi connectivity index (χ1) is 9.40. The van der Waals surface area contributed by atoms with Crippen LogP contribution in [0.5, 0.6) is 0 Å². The second kappa shape index (κ2) is 7.26. The highest BCUT2D eigenvalue weighted by Crippen LogP contribution is 2.10. The molecule has 0 fully saturated rings. The van der Waals surface area contributed by atoms with Crippen molar-refractivity contribution < 1.29 is 0 Å². The van der Waals surface area contributed by atoms with E-state index < -0.39 is 0 Å². The van der Waals surface area contributed by atoms with Gasteiger partial charge in [-0.1, -0.05) is 43.0 Å². The summed E-state index contributed by atoms with van der Waals surface area (Å²) >= 11 is 0. The number of rotatable bonds is 7. The number of aromatic nitrogens is 3. The van der Waals surface area contributed by atoms with E-state index in [-0.39, 0.29) is 0 Å². The minimum atomic E-state index is 0.754. The van der Waals surface area contributed by atoms with Crippen molar-refractivity contribution in [1.29, 1.82) is 0 Å². The Morgan fingerprint density at radius 1 is 1.16 bits per heavy atom. The number of nitrogens with one attached hydrogen (secondary N) is 1. The van der Waals surface area contributed by atoms with Gasteiger partial charge in [0, 0.05) is 12.1 Å². The van der Waals surface area contributed by atoms with Gasteiger partial charge >= 0.3 is 0 Å². The highest BCUT2D eigenvalue weighted by atomic mass is 15.3. The third-order valence-electron chi connectivity index (χ3n) is 2.91. The number of hydrogen-bond donors (Lipinski definition) is 1. The third kappa shape index (κ3) is 4.17. The molecular weight excluding hydrogens is 236 g/mol. The molecule has 0 aliphatic rings. The summed E-state index contributed by atoms with van der Waals surface area (Å²) in [6.45, 7) is 4.61. The Labute approximate surface area is 113 Å². The number of unbranched alkanes of at least 4 members (excludes halogenated alkanes) is 1. The second-order valence-corrected chi connectivity index (χ2v) is 4.31. The zero-order valence-electron chi connectivity index (χ0n) is 10.9. The van der Waals surface area contributed by atoms with Crippen LogP contribution in [0.25, 0.3) is 6.08 Å². The lowest BCUT2D eigenvalue weighted by Crippen LogP contribution is -2.07. The van der Waals surface area contributed by atoms with Gasteiger partial charge in [-0.25, -0.2) is 0 Å². The molecule has 0 unspecified atom stereocenters. The van der Waals surface area contributed by atoms with Crippen molar-refractivity contribution in [3.8, 4) is 0 Å². The molecule has 1 heterocycles. The van der Waals surface area contributed by atoms with Crippen LogP contribution in [0.4, 0.5) is 5.82 Å². The van der Waals surface area contributed by atoms with E-state index in [1.807, 2.05) is 6.07 Å². The van der Waals surface area contributed by atoms with Gasteiger partial charge in [0.2, 0.25) is 0 Å². The molecule has 0 atom stereocenters.